The normalized spacial score (nSPS) is 21.7. The molecule has 1 heterocycles. The van der Waals surface area contributed by atoms with Gasteiger partial charge in [-0.05, 0) is 53.0 Å². The van der Waals surface area contributed by atoms with Crippen molar-refractivity contribution < 1.29 is 0 Å². The van der Waals surface area contributed by atoms with E-state index in [9.17, 15) is 0 Å². The predicted octanol–water partition coefficient (Wildman–Crippen LogP) is 7.00. The van der Waals surface area contributed by atoms with Crippen LogP contribution in [-0.2, 0) is 5.41 Å². The van der Waals surface area contributed by atoms with E-state index in [0.29, 0.717) is 0 Å². The van der Waals surface area contributed by atoms with E-state index in [0.717, 1.165) is 11.8 Å². The summed E-state index contributed by atoms with van der Waals surface area (Å²) in [4.78, 5) is 1.44. The summed E-state index contributed by atoms with van der Waals surface area (Å²) in [5.41, 5.74) is 3.21. The first-order valence-electron chi connectivity index (χ1n) is 8.60. The second-order valence-corrected chi connectivity index (χ2v) is 9.85. The van der Waals surface area contributed by atoms with Crippen LogP contribution in [0.2, 0.25) is 0 Å². The van der Waals surface area contributed by atoms with E-state index in [1.54, 1.807) is 5.56 Å². The lowest BCUT2D eigenvalue weighted by molar-refractivity contribution is 0.590. The van der Waals surface area contributed by atoms with Crippen molar-refractivity contribution in [2.45, 2.75) is 45.4 Å². The summed E-state index contributed by atoms with van der Waals surface area (Å²) in [7, 11) is 0.108. The Morgan fingerprint density at radius 2 is 1.65 bits per heavy atom. The highest BCUT2D eigenvalue weighted by molar-refractivity contribution is 7.43. The molecule has 0 spiro atoms. The highest BCUT2D eigenvalue weighted by Crippen LogP contribution is 2.51. The van der Waals surface area contributed by atoms with Crippen molar-refractivity contribution in [3.05, 3.63) is 65.0 Å². The molecule has 0 N–H and O–H groups in total. The van der Waals surface area contributed by atoms with Crippen LogP contribution >= 0.6 is 10.5 Å². The van der Waals surface area contributed by atoms with Crippen molar-refractivity contribution >= 4 is 20.6 Å². The molecule has 1 aromatic heterocycles. The summed E-state index contributed by atoms with van der Waals surface area (Å²) in [6.45, 7) is 9.20. The van der Waals surface area contributed by atoms with Gasteiger partial charge in [0.1, 0.15) is 5.38 Å². The number of rotatable bonds is 2. The van der Waals surface area contributed by atoms with E-state index in [-0.39, 0.29) is 15.9 Å². The minimum Gasteiger partial charge on any atom is -0.0619 e. The molecule has 23 heavy (non-hydrogen) atoms. The lowest BCUT2D eigenvalue weighted by Crippen LogP contribution is -2.10. The predicted molar refractivity (Wildman–Crippen MR) is 103 cm³/mol. The molecule has 0 saturated heterocycles. The zero-order valence-corrected chi connectivity index (χ0v) is 15.3. The van der Waals surface area contributed by atoms with Crippen LogP contribution in [0, 0.1) is 5.92 Å². The fraction of sp³-hybridized carbons (Fsp3) is 0.364. The van der Waals surface area contributed by atoms with Crippen LogP contribution in [0.1, 0.15) is 51.2 Å². The van der Waals surface area contributed by atoms with Crippen LogP contribution in [0.5, 0.6) is 0 Å². The number of hydrogen-bond donors (Lipinski definition) is 0. The Morgan fingerprint density at radius 1 is 0.957 bits per heavy atom. The quantitative estimate of drug-likeness (QED) is 0.446. The maximum atomic E-state index is 2.41. The first-order chi connectivity index (χ1) is 10.9. The van der Waals surface area contributed by atoms with E-state index in [2.05, 4.69) is 81.6 Å². The first kappa shape index (κ1) is 15.0. The fourth-order valence-corrected chi connectivity index (χ4v) is 5.43. The van der Waals surface area contributed by atoms with Crippen molar-refractivity contribution in [3.8, 4) is 4.90 Å². The molecule has 0 bridgehead atoms. The first-order valence-corrected chi connectivity index (χ1v) is 9.89. The summed E-state index contributed by atoms with van der Waals surface area (Å²) >= 11 is 0. The minimum absolute atomic E-state index is 0.108. The van der Waals surface area contributed by atoms with Gasteiger partial charge in [0.15, 0.2) is 9.60 Å². The molecule has 1 fully saturated rings. The standard InChI is InChI=1S/C22H25S/c1-15-14-20(15)18-6-5-7-21-19(18)12-13-23(21)17-10-8-16(9-11-17)22(2,3)4/h5-13,15,20H,14H2,1-4H3/q+1. The Bertz CT molecular complexity index is 846. The average Bonchev–Trinajstić information content (AvgIpc) is 3.09. The Morgan fingerprint density at radius 3 is 2.26 bits per heavy atom. The molecule has 0 nitrogen and oxygen atoms in total. The van der Waals surface area contributed by atoms with Crippen molar-refractivity contribution in [2.75, 3.05) is 0 Å². The average molecular weight is 322 g/mol. The number of fused-ring (bicyclic) bond motifs is 1. The molecule has 3 unspecified atom stereocenters. The topological polar surface area (TPSA) is 0 Å². The summed E-state index contributed by atoms with van der Waals surface area (Å²) in [6.07, 6.45) is 1.36. The Balaban J connectivity index is 1.78. The second-order valence-electron chi connectivity index (χ2n) is 7.99. The van der Waals surface area contributed by atoms with Crippen LogP contribution in [0.15, 0.2) is 53.9 Å². The lowest BCUT2D eigenvalue weighted by Gasteiger charge is -2.18. The fourth-order valence-electron chi connectivity index (χ4n) is 3.53. The van der Waals surface area contributed by atoms with Crippen LogP contribution < -0.4 is 0 Å². The van der Waals surface area contributed by atoms with Gasteiger partial charge in [-0.1, -0.05) is 52.0 Å². The summed E-state index contributed by atoms with van der Waals surface area (Å²) in [6, 6.07) is 18.6. The van der Waals surface area contributed by atoms with E-state index < -0.39 is 0 Å². The molecule has 1 aliphatic carbocycles. The number of thiophene rings is 1. The second kappa shape index (κ2) is 5.21. The van der Waals surface area contributed by atoms with E-state index in [4.69, 9.17) is 0 Å². The van der Waals surface area contributed by atoms with Gasteiger partial charge >= 0.3 is 0 Å². The Labute approximate surface area is 142 Å². The van der Waals surface area contributed by atoms with E-state index >= 15 is 0 Å². The van der Waals surface area contributed by atoms with Crippen molar-refractivity contribution in [2.24, 2.45) is 5.92 Å². The Hall–Kier alpha value is -1.60. The van der Waals surface area contributed by atoms with Crippen molar-refractivity contribution in [1.29, 1.82) is 0 Å². The maximum absolute atomic E-state index is 2.41. The third-order valence-corrected chi connectivity index (χ3v) is 7.21. The van der Waals surface area contributed by atoms with Gasteiger partial charge in [0.05, 0.1) is 0 Å². The van der Waals surface area contributed by atoms with Gasteiger partial charge in [0.25, 0.3) is 0 Å². The van der Waals surface area contributed by atoms with Gasteiger partial charge in [-0.25, -0.2) is 0 Å². The number of benzene rings is 2. The molecule has 0 amide bonds. The largest absolute Gasteiger partial charge is 0.186 e. The third-order valence-electron chi connectivity index (χ3n) is 5.19. The van der Waals surface area contributed by atoms with Crippen LogP contribution in [0.4, 0.5) is 0 Å². The molecule has 3 atom stereocenters. The SMILES string of the molecule is CC1CC1c1cccc2c1cc[s+]2-c1ccc(C(C)(C)C)cc1. The van der Waals surface area contributed by atoms with Crippen LogP contribution in [0.25, 0.3) is 15.0 Å². The Kier molecular flexibility index (Phi) is 3.39. The molecule has 118 valence electrons. The molecule has 1 aliphatic rings. The van der Waals surface area contributed by atoms with Gasteiger partial charge in [-0.3, -0.25) is 0 Å². The molecule has 4 rings (SSSR count). The lowest BCUT2D eigenvalue weighted by atomic mass is 9.87. The molecule has 1 heteroatoms. The highest BCUT2D eigenvalue weighted by atomic mass is 32.2. The van der Waals surface area contributed by atoms with Crippen molar-refractivity contribution in [3.63, 3.8) is 0 Å². The van der Waals surface area contributed by atoms with Gasteiger partial charge in [-0.15, -0.1) is 0 Å². The minimum atomic E-state index is 0.108. The molecule has 0 radical (unpaired) electrons. The van der Waals surface area contributed by atoms with E-state index in [1.807, 2.05) is 0 Å². The van der Waals surface area contributed by atoms with Crippen LogP contribution in [-0.4, -0.2) is 0 Å². The molecule has 3 aromatic rings. The zero-order chi connectivity index (χ0) is 16.2. The van der Waals surface area contributed by atoms with E-state index in [1.165, 1.54) is 27.0 Å². The van der Waals surface area contributed by atoms with Gasteiger partial charge in [-0.2, -0.15) is 0 Å². The molecule has 0 aliphatic heterocycles. The summed E-state index contributed by atoms with van der Waals surface area (Å²) in [5.74, 6) is 1.66. The van der Waals surface area contributed by atoms with Gasteiger partial charge < -0.3 is 0 Å². The third kappa shape index (κ3) is 2.61. The molecule has 1 saturated carbocycles. The van der Waals surface area contributed by atoms with Gasteiger partial charge in [0.2, 0.25) is 0 Å². The number of hydrogen-bond acceptors (Lipinski definition) is 0. The maximum Gasteiger partial charge on any atom is 0.186 e. The monoisotopic (exact) mass is 321 g/mol. The van der Waals surface area contributed by atoms with Gasteiger partial charge in [0, 0.05) is 21.9 Å². The molecule has 2 aromatic carbocycles. The highest BCUT2D eigenvalue weighted by Gasteiger charge is 2.36. The molecular weight excluding hydrogens is 296 g/mol. The van der Waals surface area contributed by atoms with Crippen LogP contribution in [0.3, 0.4) is 0 Å². The summed E-state index contributed by atoms with van der Waals surface area (Å²) in [5, 5.41) is 3.91. The van der Waals surface area contributed by atoms with Crippen molar-refractivity contribution in [1.82, 2.24) is 0 Å². The smallest absolute Gasteiger partial charge is 0.0619 e. The summed E-state index contributed by atoms with van der Waals surface area (Å²) < 4.78 is 1.52. The zero-order valence-electron chi connectivity index (χ0n) is 14.5. The molecular formula is C22H25S+.